The van der Waals surface area contributed by atoms with E-state index in [1.807, 2.05) is 5.43 Å². The topological polar surface area (TPSA) is 38.5 Å². The summed E-state index contributed by atoms with van der Waals surface area (Å²) >= 11 is 4.27. The molecule has 0 atom stereocenters. The van der Waals surface area contributed by atoms with Gasteiger partial charge in [-0.1, -0.05) is 0 Å². The molecule has 0 bridgehead atoms. The Bertz CT molecular complexity index is 196. The quantitative estimate of drug-likeness (QED) is 0.530. The Kier molecular flexibility index (Phi) is 1.51. The molecule has 1 heterocycles. The van der Waals surface area contributed by atoms with Crippen molar-refractivity contribution < 1.29 is 13.2 Å². The minimum atomic E-state index is -4.51. The SMILES string of the molecule is FC(F)(F)C1=NNC(=S)[N]1. The van der Waals surface area contributed by atoms with Crippen LogP contribution >= 0.6 is 12.2 Å². The maximum Gasteiger partial charge on any atom is 0.453 e. The molecular weight excluding hydrogens is 167 g/mol. The lowest BCUT2D eigenvalue weighted by Gasteiger charge is -2.00. The Labute approximate surface area is 59.3 Å². The Balaban J connectivity index is 2.69. The maximum atomic E-state index is 11.6. The zero-order valence-electron chi connectivity index (χ0n) is 4.44. The second-order valence-electron chi connectivity index (χ2n) is 1.46. The van der Waals surface area contributed by atoms with Gasteiger partial charge in [0.05, 0.1) is 0 Å². The van der Waals surface area contributed by atoms with E-state index in [1.165, 1.54) is 0 Å². The van der Waals surface area contributed by atoms with Crippen molar-refractivity contribution in [3.05, 3.63) is 0 Å². The Morgan fingerprint density at radius 3 is 2.20 bits per heavy atom. The summed E-state index contributed by atoms with van der Waals surface area (Å²) in [4.78, 5) is 0. The molecule has 0 amide bonds. The number of hydrogen-bond donors (Lipinski definition) is 1. The molecule has 0 saturated carbocycles. The molecule has 0 aromatic heterocycles. The second-order valence-corrected chi connectivity index (χ2v) is 1.85. The number of alkyl halides is 3. The third-order valence-electron chi connectivity index (χ3n) is 0.718. The summed E-state index contributed by atoms with van der Waals surface area (Å²) in [6, 6.07) is 0. The average molecular weight is 168 g/mol. The Morgan fingerprint density at radius 2 is 2.00 bits per heavy atom. The number of hydrogen-bond acceptors (Lipinski definition) is 2. The Hall–Kier alpha value is -0.850. The highest BCUT2D eigenvalue weighted by atomic mass is 32.1. The van der Waals surface area contributed by atoms with Crippen molar-refractivity contribution in [2.75, 3.05) is 0 Å². The highest BCUT2D eigenvalue weighted by Crippen LogP contribution is 2.17. The minimum absolute atomic E-state index is 0.257. The zero-order valence-corrected chi connectivity index (χ0v) is 5.25. The predicted octanol–water partition coefficient (Wildman–Crippen LogP) is 0.355. The molecule has 0 unspecified atom stereocenters. The lowest BCUT2D eigenvalue weighted by atomic mass is 10.6. The summed E-state index contributed by atoms with van der Waals surface area (Å²) in [5.41, 5.74) is 1.91. The summed E-state index contributed by atoms with van der Waals surface area (Å²) in [6.45, 7) is 0. The van der Waals surface area contributed by atoms with E-state index < -0.39 is 12.0 Å². The van der Waals surface area contributed by atoms with Crippen LogP contribution in [0.5, 0.6) is 0 Å². The molecular formula is C3HF3N3S. The van der Waals surface area contributed by atoms with Crippen LogP contribution in [0.4, 0.5) is 13.2 Å². The molecule has 0 aromatic carbocycles. The first-order valence-electron chi connectivity index (χ1n) is 2.17. The van der Waals surface area contributed by atoms with Crippen molar-refractivity contribution >= 4 is 23.2 Å². The van der Waals surface area contributed by atoms with Crippen LogP contribution < -0.4 is 10.7 Å². The molecule has 0 spiro atoms. The van der Waals surface area contributed by atoms with Crippen molar-refractivity contribution in [2.24, 2.45) is 5.10 Å². The van der Waals surface area contributed by atoms with Crippen LogP contribution in [0.2, 0.25) is 0 Å². The number of nitrogens with zero attached hydrogens (tertiary/aromatic N) is 2. The molecule has 0 aromatic rings. The minimum Gasteiger partial charge on any atom is -0.250 e. The van der Waals surface area contributed by atoms with Crippen LogP contribution in [0, 0.1) is 0 Å². The van der Waals surface area contributed by atoms with Gasteiger partial charge in [-0.15, -0.1) is 5.10 Å². The second kappa shape index (κ2) is 2.08. The van der Waals surface area contributed by atoms with Crippen LogP contribution in [0.25, 0.3) is 0 Å². The zero-order chi connectivity index (χ0) is 7.78. The first kappa shape index (κ1) is 7.26. The summed E-state index contributed by atoms with van der Waals surface area (Å²) in [5, 5.41) is 5.47. The molecule has 7 heteroatoms. The average Bonchev–Trinajstić information content (AvgIpc) is 2.11. The fourth-order valence-electron chi connectivity index (χ4n) is 0.374. The standard InChI is InChI=1S/C3HF3N3S/c4-3(5,6)1-7-2(10)9-8-1/h(H,9,10). The van der Waals surface area contributed by atoms with Crippen molar-refractivity contribution in [1.82, 2.24) is 10.7 Å². The third kappa shape index (κ3) is 1.35. The fourth-order valence-corrected chi connectivity index (χ4v) is 0.506. The van der Waals surface area contributed by atoms with E-state index in [4.69, 9.17) is 0 Å². The van der Waals surface area contributed by atoms with Gasteiger partial charge in [-0.2, -0.15) is 18.5 Å². The number of nitrogens with one attached hydrogen (secondary N) is 1. The number of rotatable bonds is 0. The van der Waals surface area contributed by atoms with Gasteiger partial charge in [0.25, 0.3) is 5.84 Å². The van der Waals surface area contributed by atoms with Gasteiger partial charge in [-0.05, 0) is 12.2 Å². The van der Waals surface area contributed by atoms with Crippen molar-refractivity contribution in [3.8, 4) is 0 Å². The molecule has 1 rings (SSSR count). The molecule has 0 saturated heterocycles. The molecule has 3 nitrogen and oxygen atoms in total. The van der Waals surface area contributed by atoms with Gasteiger partial charge < -0.3 is 0 Å². The number of halogens is 3. The van der Waals surface area contributed by atoms with Gasteiger partial charge in [-0.3, -0.25) is 0 Å². The molecule has 0 aliphatic carbocycles. The molecule has 1 aliphatic rings. The summed E-state index contributed by atoms with van der Waals surface area (Å²) in [5.74, 6) is -1.22. The number of amidine groups is 1. The van der Waals surface area contributed by atoms with Crippen LogP contribution in [-0.2, 0) is 0 Å². The van der Waals surface area contributed by atoms with Crippen molar-refractivity contribution in [2.45, 2.75) is 6.18 Å². The molecule has 55 valence electrons. The lowest BCUT2D eigenvalue weighted by Crippen LogP contribution is -2.30. The molecule has 10 heavy (non-hydrogen) atoms. The summed E-state index contributed by atoms with van der Waals surface area (Å²) in [6.07, 6.45) is -4.51. The van der Waals surface area contributed by atoms with E-state index in [-0.39, 0.29) is 5.11 Å². The van der Waals surface area contributed by atoms with Gasteiger partial charge >= 0.3 is 6.18 Å². The monoisotopic (exact) mass is 168 g/mol. The van der Waals surface area contributed by atoms with Gasteiger partial charge in [0.2, 0.25) is 5.11 Å². The van der Waals surface area contributed by atoms with Gasteiger partial charge in [0.1, 0.15) is 0 Å². The van der Waals surface area contributed by atoms with E-state index >= 15 is 0 Å². The summed E-state index contributed by atoms with van der Waals surface area (Å²) < 4.78 is 34.8. The van der Waals surface area contributed by atoms with E-state index in [9.17, 15) is 13.2 Å². The van der Waals surface area contributed by atoms with Crippen LogP contribution in [0.1, 0.15) is 0 Å². The number of hydrazone groups is 1. The van der Waals surface area contributed by atoms with Gasteiger partial charge in [-0.25, -0.2) is 5.43 Å². The van der Waals surface area contributed by atoms with Crippen LogP contribution in [0.15, 0.2) is 5.10 Å². The van der Waals surface area contributed by atoms with Crippen molar-refractivity contribution in [1.29, 1.82) is 0 Å². The predicted molar refractivity (Wildman–Crippen MR) is 31.4 cm³/mol. The largest absolute Gasteiger partial charge is 0.453 e. The van der Waals surface area contributed by atoms with Gasteiger partial charge in [0, 0.05) is 0 Å². The maximum absolute atomic E-state index is 11.6. The third-order valence-corrected chi connectivity index (χ3v) is 0.901. The molecule has 1 N–H and O–H groups in total. The van der Waals surface area contributed by atoms with E-state index in [0.29, 0.717) is 0 Å². The van der Waals surface area contributed by atoms with E-state index in [2.05, 4.69) is 22.6 Å². The molecule has 1 aliphatic heterocycles. The van der Waals surface area contributed by atoms with Crippen molar-refractivity contribution in [3.63, 3.8) is 0 Å². The fraction of sp³-hybridized carbons (Fsp3) is 0.333. The number of thiocarbonyl (C=S) groups is 1. The summed E-state index contributed by atoms with van der Waals surface area (Å²) in [7, 11) is 0. The normalized spacial score (nSPS) is 17.9. The smallest absolute Gasteiger partial charge is 0.250 e. The van der Waals surface area contributed by atoms with Crippen LogP contribution in [-0.4, -0.2) is 17.1 Å². The molecule has 0 fully saturated rings. The highest BCUT2D eigenvalue weighted by molar-refractivity contribution is 7.80. The lowest BCUT2D eigenvalue weighted by molar-refractivity contribution is -0.0608. The van der Waals surface area contributed by atoms with Crippen LogP contribution in [0.3, 0.4) is 0 Å². The highest BCUT2D eigenvalue weighted by Gasteiger charge is 2.40. The van der Waals surface area contributed by atoms with Gasteiger partial charge in [0.15, 0.2) is 0 Å². The van der Waals surface area contributed by atoms with E-state index in [0.717, 1.165) is 0 Å². The first-order chi connectivity index (χ1) is 4.50. The van der Waals surface area contributed by atoms with E-state index in [1.54, 1.807) is 0 Å². The Morgan fingerprint density at radius 1 is 1.40 bits per heavy atom. The molecule has 1 radical (unpaired) electrons. The first-order valence-corrected chi connectivity index (χ1v) is 2.57.